The highest BCUT2D eigenvalue weighted by Crippen LogP contribution is 2.08. The lowest BCUT2D eigenvalue weighted by Crippen LogP contribution is -2.47. The Hall–Kier alpha value is -0.530. The topological polar surface area (TPSA) is 84.5 Å². The van der Waals surface area contributed by atoms with Crippen molar-refractivity contribution in [2.45, 2.75) is 26.3 Å². The maximum absolute atomic E-state index is 11.4. The Morgan fingerprint density at radius 1 is 1.44 bits per heavy atom. The fourth-order valence-electron chi connectivity index (χ4n) is 1.03. The number of alkyl halides is 1. The molecule has 0 aromatic carbocycles. The highest BCUT2D eigenvalue weighted by molar-refractivity contribution is 7.88. The van der Waals surface area contributed by atoms with E-state index >= 15 is 0 Å². The van der Waals surface area contributed by atoms with Crippen LogP contribution in [0.5, 0.6) is 0 Å². The van der Waals surface area contributed by atoms with Crippen molar-refractivity contribution in [3.8, 4) is 0 Å². The Morgan fingerprint density at radius 3 is 2.38 bits per heavy atom. The Bertz CT molecular complexity index is 318. The molecule has 0 aliphatic carbocycles. The molecule has 16 heavy (non-hydrogen) atoms. The van der Waals surface area contributed by atoms with Crippen molar-refractivity contribution >= 4 is 27.9 Å². The fraction of sp³-hybridized carbons (Fsp3) is 0.875. The van der Waals surface area contributed by atoms with Crippen LogP contribution in [0.4, 0.5) is 4.79 Å². The minimum Gasteiger partial charge on any atom is -0.452 e. The van der Waals surface area contributed by atoms with Crippen molar-refractivity contribution in [2.24, 2.45) is 5.92 Å². The number of amides is 1. The lowest BCUT2D eigenvalue weighted by Gasteiger charge is -2.20. The predicted molar refractivity (Wildman–Crippen MR) is 61.6 cm³/mol. The van der Waals surface area contributed by atoms with E-state index in [-0.39, 0.29) is 12.0 Å². The first kappa shape index (κ1) is 15.5. The molecule has 0 spiro atoms. The molecule has 0 saturated carbocycles. The molecule has 1 amide bonds. The van der Waals surface area contributed by atoms with Gasteiger partial charge in [-0.3, -0.25) is 0 Å². The van der Waals surface area contributed by atoms with Crippen molar-refractivity contribution in [3.63, 3.8) is 0 Å². The number of hydrogen-bond donors (Lipinski definition) is 2. The molecule has 8 heteroatoms. The third-order valence-electron chi connectivity index (χ3n) is 1.93. The average molecular weight is 273 g/mol. The molecule has 0 radical (unpaired) electrons. The first-order valence-electron chi connectivity index (χ1n) is 4.76. The fourth-order valence-corrected chi connectivity index (χ4v) is 2.41. The van der Waals surface area contributed by atoms with Crippen LogP contribution in [0.2, 0.25) is 0 Å². The minimum absolute atomic E-state index is 0.0768. The molecule has 1 atom stereocenters. The third kappa shape index (κ3) is 6.14. The largest absolute Gasteiger partial charge is 0.452 e. The zero-order valence-corrected chi connectivity index (χ0v) is 11.1. The van der Waals surface area contributed by atoms with Gasteiger partial charge in [-0.15, -0.1) is 11.6 Å². The lowest BCUT2D eigenvalue weighted by atomic mass is 10.0. The van der Waals surface area contributed by atoms with Crippen LogP contribution in [0.25, 0.3) is 0 Å². The normalized spacial score (nSPS) is 13.6. The van der Waals surface area contributed by atoms with Crippen molar-refractivity contribution in [2.75, 3.05) is 13.0 Å². The summed E-state index contributed by atoms with van der Waals surface area (Å²) in [5.74, 6) is 0.414. The Morgan fingerprint density at radius 2 is 2.00 bits per heavy atom. The molecule has 96 valence electrons. The van der Waals surface area contributed by atoms with E-state index in [1.807, 2.05) is 13.8 Å². The summed E-state index contributed by atoms with van der Waals surface area (Å²) >= 11 is 5.56. The monoisotopic (exact) mass is 272 g/mol. The second-order valence-electron chi connectivity index (χ2n) is 3.54. The summed E-state index contributed by atoms with van der Waals surface area (Å²) in [5, 5.41) is 0. The van der Waals surface area contributed by atoms with Crippen LogP contribution in [-0.4, -0.2) is 33.5 Å². The number of ether oxygens (including phenoxy) is 1. The molecular weight excluding hydrogens is 256 g/mol. The summed E-state index contributed by atoms with van der Waals surface area (Å²) in [4.78, 5) is 10.8. The number of halogens is 1. The SMILES string of the molecule is COC(=O)NS(=O)(=O)NC(CCCl)C(C)C. The van der Waals surface area contributed by atoms with Gasteiger partial charge in [-0.05, 0) is 12.3 Å². The van der Waals surface area contributed by atoms with Gasteiger partial charge in [0.05, 0.1) is 7.11 Å². The zero-order valence-electron chi connectivity index (χ0n) is 9.49. The number of methoxy groups -OCH3 is 1. The zero-order chi connectivity index (χ0) is 12.8. The average Bonchev–Trinajstić information content (AvgIpc) is 2.15. The van der Waals surface area contributed by atoms with Crippen LogP contribution in [-0.2, 0) is 14.9 Å². The van der Waals surface area contributed by atoms with Crippen molar-refractivity contribution in [3.05, 3.63) is 0 Å². The number of hydrogen-bond acceptors (Lipinski definition) is 4. The van der Waals surface area contributed by atoms with E-state index in [0.717, 1.165) is 7.11 Å². The van der Waals surface area contributed by atoms with Crippen LogP contribution < -0.4 is 9.44 Å². The van der Waals surface area contributed by atoms with Crippen LogP contribution >= 0.6 is 11.6 Å². The maximum Gasteiger partial charge on any atom is 0.421 e. The van der Waals surface area contributed by atoms with Gasteiger partial charge in [0.15, 0.2) is 0 Å². The number of carbonyl (C=O) groups is 1. The molecule has 1 unspecified atom stereocenters. The molecule has 0 aromatic heterocycles. The summed E-state index contributed by atoms with van der Waals surface area (Å²) < 4.78 is 31.1. The van der Waals surface area contributed by atoms with Gasteiger partial charge >= 0.3 is 16.3 Å². The Labute approximate surface area is 101 Å². The summed E-state index contributed by atoms with van der Waals surface area (Å²) in [6.45, 7) is 3.72. The molecule has 0 aliphatic heterocycles. The van der Waals surface area contributed by atoms with E-state index in [2.05, 4.69) is 9.46 Å². The molecule has 0 aromatic rings. The summed E-state index contributed by atoms with van der Waals surface area (Å²) in [6, 6.07) is -0.320. The van der Waals surface area contributed by atoms with E-state index in [4.69, 9.17) is 11.6 Å². The van der Waals surface area contributed by atoms with Crippen molar-refractivity contribution in [1.29, 1.82) is 0 Å². The number of rotatable bonds is 6. The van der Waals surface area contributed by atoms with Gasteiger partial charge in [0.25, 0.3) is 0 Å². The third-order valence-corrected chi connectivity index (χ3v) is 3.20. The summed E-state index contributed by atoms with van der Waals surface area (Å²) in [6.07, 6.45) is -0.540. The van der Waals surface area contributed by atoms with Crippen molar-refractivity contribution in [1.82, 2.24) is 9.44 Å². The van der Waals surface area contributed by atoms with Gasteiger partial charge in [0, 0.05) is 11.9 Å². The highest BCUT2D eigenvalue weighted by atomic mass is 35.5. The second-order valence-corrected chi connectivity index (χ2v) is 5.37. The smallest absolute Gasteiger partial charge is 0.421 e. The quantitative estimate of drug-likeness (QED) is 0.702. The van der Waals surface area contributed by atoms with Gasteiger partial charge in [0.1, 0.15) is 0 Å². The summed E-state index contributed by atoms with van der Waals surface area (Å²) in [5.41, 5.74) is 0. The van der Waals surface area contributed by atoms with E-state index in [0.29, 0.717) is 12.3 Å². The standard InChI is InChI=1S/C8H17ClN2O4S/c1-6(2)7(4-5-9)10-16(13,14)11-8(12)15-3/h6-7,10H,4-5H2,1-3H3,(H,11,12). The molecule has 0 saturated heterocycles. The van der Waals surface area contributed by atoms with E-state index in [9.17, 15) is 13.2 Å². The molecule has 6 nitrogen and oxygen atoms in total. The lowest BCUT2D eigenvalue weighted by molar-refractivity contribution is 0.177. The highest BCUT2D eigenvalue weighted by Gasteiger charge is 2.22. The second kappa shape index (κ2) is 6.93. The maximum atomic E-state index is 11.4. The van der Waals surface area contributed by atoms with E-state index in [1.54, 1.807) is 4.72 Å². The Kier molecular flexibility index (Phi) is 6.70. The number of nitrogens with one attached hydrogen (secondary N) is 2. The van der Waals surface area contributed by atoms with Crippen molar-refractivity contribution < 1.29 is 17.9 Å². The summed E-state index contributed by atoms with van der Waals surface area (Å²) in [7, 11) is -2.81. The van der Waals surface area contributed by atoms with Gasteiger partial charge < -0.3 is 4.74 Å². The van der Waals surface area contributed by atoms with E-state index in [1.165, 1.54) is 0 Å². The van der Waals surface area contributed by atoms with Gasteiger partial charge in [-0.2, -0.15) is 13.1 Å². The van der Waals surface area contributed by atoms with Gasteiger partial charge in [-0.25, -0.2) is 9.52 Å². The molecule has 0 fully saturated rings. The van der Waals surface area contributed by atoms with Gasteiger partial charge in [0.2, 0.25) is 0 Å². The van der Waals surface area contributed by atoms with Gasteiger partial charge in [-0.1, -0.05) is 13.8 Å². The molecule has 0 rings (SSSR count). The van der Waals surface area contributed by atoms with Crippen LogP contribution in [0.3, 0.4) is 0 Å². The molecule has 0 heterocycles. The molecule has 0 bridgehead atoms. The number of carbonyl (C=O) groups excluding carboxylic acids is 1. The molecular formula is C8H17ClN2O4S. The van der Waals surface area contributed by atoms with Crippen LogP contribution in [0.1, 0.15) is 20.3 Å². The first-order valence-corrected chi connectivity index (χ1v) is 6.78. The molecule has 2 N–H and O–H groups in total. The Balaban J connectivity index is 4.47. The molecule has 0 aliphatic rings. The van der Waals surface area contributed by atoms with E-state index < -0.39 is 16.3 Å². The van der Waals surface area contributed by atoms with Crippen LogP contribution in [0, 0.1) is 5.92 Å². The van der Waals surface area contributed by atoms with Crippen LogP contribution in [0.15, 0.2) is 0 Å². The predicted octanol–water partition coefficient (Wildman–Crippen LogP) is 0.830. The first-order chi connectivity index (χ1) is 7.32. The minimum atomic E-state index is -3.89.